The van der Waals surface area contributed by atoms with Crippen LogP contribution in [0.1, 0.15) is 27.4 Å². The third-order valence-corrected chi connectivity index (χ3v) is 5.45. The molecule has 2 N–H and O–H groups in total. The summed E-state index contributed by atoms with van der Waals surface area (Å²) in [4.78, 5) is 15.0. The van der Waals surface area contributed by atoms with Gasteiger partial charge in [0.05, 0.1) is 17.4 Å². The molecular weight excluding hydrogens is 372 g/mol. The monoisotopic (exact) mass is 396 g/mol. The lowest BCUT2D eigenvalue weighted by Crippen LogP contribution is -2.29. The third kappa shape index (κ3) is 3.81. The lowest BCUT2D eigenvalue weighted by molar-refractivity contribution is 0.0786. The highest BCUT2D eigenvalue weighted by Gasteiger charge is 2.35. The summed E-state index contributed by atoms with van der Waals surface area (Å²) in [5, 5.41) is 4.40. The van der Waals surface area contributed by atoms with Gasteiger partial charge >= 0.3 is 0 Å². The van der Waals surface area contributed by atoms with Gasteiger partial charge in [-0.3, -0.25) is 4.79 Å². The average Bonchev–Trinajstić information content (AvgIpc) is 3.36. The fraction of sp³-hybridized carbons (Fsp3) is 0.273. The molecule has 0 radical (unpaired) electrons. The molecule has 1 aliphatic rings. The second-order valence-corrected chi connectivity index (χ2v) is 7.18. The maximum atomic E-state index is 13.0. The Balaban J connectivity index is 0.00000225. The molecule has 2 heterocycles. The number of nitrogens with zero attached hydrogens (tertiary/aromatic N) is 3. The van der Waals surface area contributed by atoms with Gasteiger partial charge in [-0.25, -0.2) is 4.68 Å². The Bertz CT molecular complexity index is 940. The van der Waals surface area contributed by atoms with Crippen LogP contribution in [0, 0.1) is 12.8 Å². The number of hydrogen-bond donors (Lipinski definition) is 1. The molecule has 0 aliphatic carbocycles. The Labute approximate surface area is 171 Å². The van der Waals surface area contributed by atoms with E-state index in [4.69, 9.17) is 5.73 Å². The Hall–Kier alpha value is -2.63. The average molecular weight is 397 g/mol. The summed E-state index contributed by atoms with van der Waals surface area (Å²) in [6.07, 6.45) is 3.47. The van der Waals surface area contributed by atoms with Crippen LogP contribution in [0.5, 0.6) is 0 Å². The summed E-state index contributed by atoms with van der Waals surface area (Å²) in [5.74, 6) is 0.584. The summed E-state index contributed by atoms with van der Waals surface area (Å²) in [6, 6.07) is 18.3. The first-order valence-electron chi connectivity index (χ1n) is 9.32. The largest absolute Gasteiger partial charge is 0.338 e. The Morgan fingerprint density at radius 1 is 1.11 bits per heavy atom. The van der Waals surface area contributed by atoms with E-state index in [1.807, 2.05) is 60.5 Å². The lowest BCUT2D eigenvalue weighted by atomic mass is 9.89. The van der Waals surface area contributed by atoms with E-state index < -0.39 is 0 Å². The van der Waals surface area contributed by atoms with Crippen molar-refractivity contribution in [2.24, 2.45) is 11.7 Å². The zero-order valence-corrected chi connectivity index (χ0v) is 16.7. The predicted octanol–water partition coefficient (Wildman–Crippen LogP) is 3.42. The Kier molecular flexibility index (Phi) is 6.17. The molecule has 1 aromatic heterocycles. The summed E-state index contributed by atoms with van der Waals surface area (Å²) in [7, 11) is 0. The molecule has 1 aliphatic heterocycles. The highest BCUT2D eigenvalue weighted by atomic mass is 35.5. The van der Waals surface area contributed by atoms with E-state index in [1.165, 1.54) is 5.56 Å². The van der Waals surface area contributed by atoms with Crippen molar-refractivity contribution in [3.63, 3.8) is 0 Å². The number of nitrogens with two attached hydrogens (primary N) is 1. The van der Waals surface area contributed by atoms with Gasteiger partial charge in [0.15, 0.2) is 0 Å². The third-order valence-electron chi connectivity index (χ3n) is 5.45. The first-order valence-corrected chi connectivity index (χ1v) is 9.32. The van der Waals surface area contributed by atoms with Crippen molar-refractivity contribution in [1.29, 1.82) is 0 Å². The fourth-order valence-corrected chi connectivity index (χ4v) is 3.92. The van der Waals surface area contributed by atoms with E-state index in [1.54, 1.807) is 10.9 Å². The minimum absolute atomic E-state index is 0. The smallest absolute Gasteiger partial charge is 0.257 e. The number of amides is 1. The van der Waals surface area contributed by atoms with Gasteiger partial charge in [-0.2, -0.15) is 5.10 Å². The minimum Gasteiger partial charge on any atom is -0.338 e. The van der Waals surface area contributed by atoms with E-state index in [-0.39, 0.29) is 30.2 Å². The number of carbonyl (C=O) groups is 1. The lowest BCUT2D eigenvalue weighted by Gasteiger charge is -2.16. The first-order chi connectivity index (χ1) is 13.2. The standard InChI is InChI=1S/C22H24N4O.ClH/c1-16-7-5-6-10-21(16)26-14-19(12-24-26)22(27)25-13-18(11-23)20(15-25)17-8-3-2-4-9-17;/h2-10,12,14,18,20H,11,13,15,23H2,1H3;1H/t18-,20+;/m1./s1. The Morgan fingerprint density at radius 3 is 2.54 bits per heavy atom. The van der Waals surface area contributed by atoms with E-state index >= 15 is 0 Å². The molecule has 5 nitrogen and oxygen atoms in total. The molecule has 2 atom stereocenters. The number of para-hydroxylation sites is 1. The van der Waals surface area contributed by atoms with Gasteiger partial charge in [-0.15, -0.1) is 12.4 Å². The summed E-state index contributed by atoms with van der Waals surface area (Å²) in [5.41, 5.74) is 9.97. The van der Waals surface area contributed by atoms with Gasteiger partial charge in [-0.05, 0) is 36.6 Å². The molecule has 6 heteroatoms. The van der Waals surface area contributed by atoms with Crippen LogP contribution in [0.2, 0.25) is 0 Å². The van der Waals surface area contributed by atoms with Crippen LogP contribution in [-0.2, 0) is 0 Å². The quantitative estimate of drug-likeness (QED) is 0.734. The van der Waals surface area contributed by atoms with Crippen LogP contribution < -0.4 is 5.73 Å². The van der Waals surface area contributed by atoms with Crippen molar-refractivity contribution < 1.29 is 4.79 Å². The molecule has 3 aromatic rings. The van der Waals surface area contributed by atoms with Gasteiger partial charge < -0.3 is 10.6 Å². The number of likely N-dealkylation sites (tertiary alicyclic amines) is 1. The fourth-order valence-electron chi connectivity index (χ4n) is 3.92. The SMILES string of the molecule is Cc1ccccc1-n1cc(C(=O)N2C[C@@H](CN)[C@H](c3ccccc3)C2)cn1.Cl. The minimum atomic E-state index is 0. The summed E-state index contributed by atoms with van der Waals surface area (Å²) < 4.78 is 1.77. The highest BCUT2D eigenvalue weighted by molar-refractivity contribution is 5.94. The first kappa shape index (κ1) is 20.1. The number of hydrogen-bond acceptors (Lipinski definition) is 3. The van der Waals surface area contributed by atoms with Crippen LogP contribution >= 0.6 is 12.4 Å². The zero-order valence-electron chi connectivity index (χ0n) is 15.9. The molecule has 1 fully saturated rings. The number of carbonyl (C=O) groups excluding carboxylic acids is 1. The van der Waals surface area contributed by atoms with Crippen molar-refractivity contribution in [3.8, 4) is 5.69 Å². The maximum Gasteiger partial charge on any atom is 0.257 e. The number of benzene rings is 2. The van der Waals surface area contributed by atoms with Crippen molar-refractivity contribution in [3.05, 3.63) is 83.7 Å². The molecule has 0 bridgehead atoms. The summed E-state index contributed by atoms with van der Waals surface area (Å²) >= 11 is 0. The highest BCUT2D eigenvalue weighted by Crippen LogP contribution is 2.32. The number of rotatable bonds is 4. The van der Waals surface area contributed by atoms with Crippen molar-refractivity contribution in [1.82, 2.24) is 14.7 Å². The second kappa shape index (κ2) is 8.59. The van der Waals surface area contributed by atoms with Gasteiger partial charge in [0, 0.05) is 25.2 Å². The molecule has 146 valence electrons. The van der Waals surface area contributed by atoms with Crippen LogP contribution in [0.15, 0.2) is 67.0 Å². The molecule has 0 saturated carbocycles. The number of aryl methyl sites for hydroxylation is 1. The molecule has 4 rings (SSSR count). The maximum absolute atomic E-state index is 13.0. The van der Waals surface area contributed by atoms with Crippen molar-refractivity contribution in [2.45, 2.75) is 12.8 Å². The summed E-state index contributed by atoms with van der Waals surface area (Å²) in [6.45, 7) is 3.99. The van der Waals surface area contributed by atoms with Gasteiger partial charge in [-0.1, -0.05) is 48.5 Å². The van der Waals surface area contributed by atoms with Crippen LogP contribution in [0.4, 0.5) is 0 Å². The molecule has 0 unspecified atom stereocenters. The van der Waals surface area contributed by atoms with Crippen molar-refractivity contribution >= 4 is 18.3 Å². The molecule has 1 saturated heterocycles. The van der Waals surface area contributed by atoms with Gasteiger partial charge in [0.2, 0.25) is 0 Å². The Morgan fingerprint density at radius 2 is 1.82 bits per heavy atom. The van der Waals surface area contributed by atoms with Crippen LogP contribution in [0.25, 0.3) is 5.69 Å². The van der Waals surface area contributed by atoms with E-state index in [9.17, 15) is 4.79 Å². The van der Waals surface area contributed by atoms with Gasteiger partial charge in [0.25, 0.3) is 5.91 Å². The zero-order chi connectivity index (χ0) is 18.8. The molecule has 1 amide bonds. The van der Waals surface area contributed by atoms with E-state index in [0.717, 1.165) is 11.3 Å². The topological polar surface area (TPSA) is 64.2 Å². The molecular formula is C22H25ClN4O. The number of aromatic nitrogens is 2. The van der Waals surface area contributed by atoms with Crippen molar-refractivity contribution in [2.75, 3.05) is 19.6 Å². The van der Waals surface area contributed by atoms with E-state index in [2.05, 4.69) is 17.2 Å². The molecule has 28 heavy (non-hydrogen) atoms. The van der Waals surface area contributed by atoms with Crippen LogP contribution in [0.3, 0.4) is 0 Å². The van der Waals surface area contributed by atoms with Crippen LogP contribution in [-0.4, -0.2) is 40.2 Å². The second-order valence-electron chi connectivity index (χ2n) is 7.18. The molecule has 0 spiro atoms. The molecule has 2 aromatic carbocycles. The predicted molar refractivity (Wildman–Crippen MR) is 113 cm³/mol. The number of halogens is 1. The normalized spacial score (nSPS) is 18.7. The van der Waals surface area contributed by atoms with Gasteiger partial charge in [0.1, 0.15) is 0 Å². The van der Waals surface area contributed by atoms with E-state index in [0.29, 0.717) is 25.2 Å².